The predicted octanol–water partition coefficient (Wildman–Crippen LogP) is 8.13. The highest BCUT2D eigenvalue weighted by Crippen LogP contribution is 2.40. The van der Waals surface area contributed by atoms with E-state index in [1.165, 1.54) is 7.11 Å². The van der Waals surface area contributed by atoms with E-state index in [0.717, 1.165) is 39.5 Å². The third kappa shape index (κ3) is 9.52. The molecular formula is C37H43N6O7PS. The van der Waals surface area contributed by atoms with Crippen molar-refractivity contribution >= 4 is 69.1 Å². The van der Waals surface area contributed by atoms with Gasteiger partial charge in [-0.25, -0.2) is 18.2 Å². The molecule has 0 spiro atoms. The van der Waals surface area contributed by atoms with E-state index in [-0.39, 0.29) is 23.0 Å². The van der Waals surface area contributed by atoms with Crippen molar-refractivity contribution in [3.05, 3.63) is 96.2 Å². The first kappa shape index (κ1) is 37.9. The summed E-state index contributed by atoms with van der Waals surface area (Å²) in [6.45, 7) is 5.94. The fourth-order valence-electron chi connectivity index (χ4n) is 5.58. The summed E-state index contributed by atoms with van der Waals surface area (Å²) in [5.74, 6) is 1.77. The molecule has 1 aromatic heterocycles. The lowest BCUT2D eigenvalue weighted by atomic mass is 9.86. The van der Waals surface area contributed by atoms with Gasteiger partial charge in [0, 0.05) is 54.7 Å². The van der Waals surface area contributed by atoms with Gasteiger partial charge in [0.25, 0.3) is 0 Å². The number of carbonyl (C=O) groups is 1. The molecule has 0 aliphatic rings. The summed E-state index contributed by atoms with van der Waals surface area (Å²) >= 11 is 0. The fraction of sp³-hybridized carbons (Fsp3) is 0.243. The molecule has 0 bridgehead atoms. The van der Waals surface area contributed by atoms with E-state index in [0.29, 0.717) is 28.7 Å². The number of hydrogen-bond acceptors (Lipinski definition) is 9. The maximum Gasteiger partial charge on any atom is 0.323 e. The Kier molecular flexibility index (Phi) is 11.3. The highest BCUT2D eigenvalue weighted by molar-refractivity contribution is 7.92. The van der Waals surface area contributed by atoms with Crippen molar-refractivity contribution in [2.24, 2.45) is 0 Å². The Bertz CT molecular complexity index is 2260. The Hall–Kier alpha value is -5.30. The van der Waals surface area contributed by atoms with E-state index < -0.39 is 24.1 Å². The number of amides is 2. The topological polar surface area (TPSA) is 171 Å². The minimum Gasteiger partial charge on any atom is -0.492 e. The second kappa shape index (κ2) is 15.5. The molecule has 0 aliphatic carbocycles. The summed E-state index contributed by atoms with van der Waals surface area (Å²) in [5.41, 5.74) is 3.79. The standard InChI is InChI=1S/C37H43N6O7PS/c1-37(2,3)24-18-30(35(49-6)31(19-24)42-52(7,47)48)41-36(44)40-29-14-15-33(28-11-9-8-10-27(28)29)50-26-16-17-38-34(21-26)39-25-13-12-23(22-51(45)46)32(20-25)43(4)5/h8-21,42,51H,22H2,1-7H3,(H,38,39)(H,45,46)(H2,40,41,44). The number of pyridine rings is 1. The van der Waals surface area contributed by atoms with E-state index in [9.17, 15) is 22.7 Å². The number of urea groups is 1. The summed E-state index contributed by atoms with van der Waals surface area (Å²) < 4.78 is 50.1. The van der Waals surface area contributed by atoms with Gasteiger partial charge >= 0.3 is 6.03 Å². The summed E-state index contributed by atoms with van der Waals surface area (Å²) in [7, 11) is -1.15. The summed E-state index contributed by atoms with van der Waals surface area (Å²) in [6, 6.07) is 22.9. The van der Waals surface area contributed by atoms with Crippen molar-refractivity contribution in [3.63, 3.8) is 0 Å². The number of nitrogens with one attached hydrogen (secondary N) is 4. The van der Waals surface area contributed by atoms with Crippen molar-refractivity contribution in [2.75, 3.05) is 53.0 Å². The minimum atomic E-state index is -3.64. The van der Waals surface area contributed by atoms with Gasteiger partial charge in [-0.15, -0.1) is 0 Å². The molecule has 0 saturated carbocycles. The first-order valence-electron chi connectivity index (χ1n) is 16.2. The maximum absolute atomic E-state index is 13.5. The van der Waals surface area contributed by atoms with Crippen LogP contribution < -0.4 is 35.0 Å². The fourth-order valence-corrected chi connectivity index (χ4v) is 6.76. The molecule has 1 atom stereocenters. The SMILES string of the molecule is COc1c(NC(=O)Nc2ccc(Oc3ccnc(Nc4ccc(C[PH](=O)O)c(N(C)C)c4)c3)c3ccccc23)cc(C(C)(C)C)cc1NS(C)(=O)=O. The van der Waals surface area contributed by atoms with Crippen LogP contribution in [0.3, 0.4) is 0 Å². The average molecular weight is 747 g/mol. The molecule has 0 radical (unpaired) electrons. The lowest BCUT2D eigenvalue weighted by molar-refractivity contribution is 0.262. The van der Waals surface area contributed by atoms with Crippen LogP contribution in [0.4, 0.5) is 39.0 Å². The van der Waals surface area contributed by atoms with Crippen molar-refractivity contribution in [2.45, 2.75) is 32.3 Å². The third-order valence-electron chi connectivity index (χ3n) is 7.98. The number of ether oxygens (including phenoxy) is 2. The number of sulfonamides is 1. The molecule has 52 heavy (non-hydrogen) atoms. The lowest BCUT2D eigenvalue weighted by Gasteiger charge is -2.24. The molecule has 0 fully saturated rings. The molecule has 1 unspecified atom stereocenters. The Morgan fingerprint density at radius 1 is 0.923 bits per heavy atom. The van der Waals surface area contributed by atoms with Crippen LogP contribution in [0.5, 0.6) is 17.2 Å². The molecule has 5 aromatic rings. The zero-order valence-electron chi connectivity index (χ0n) is 30.0. The van der Waals surface area contributed by atoms with Gasteiger partial charge in [-0.1, -0.05) is 51.1 Å². The van der Waals surface area contributed by atoms with Crippen LogP contribution >= 0.6 is 8.03 Å². The Balaban J connectivity index is 1.38. The maximum atomic E-state index is 13.5. The van der Waals surface area contributed by atoms with Crippen molar-refractivity contribution in [1.82, 2.24) is 4.98 Å². The van der Waals surface area contributed by atoms with Crippen LogP contribution in [0, 0.1) is 0 Å². The van der Waals surface area contributed by atoms with Crippen molar-refractivity contribution in [1.29, 1.82) is 0 Å². The first-order valence-corrected chi connectivity index (χ1v) is 19.7. The zero-order valence-corrected chi connectivity index (χ0v) is 31.8. The highest BCUT2D eigenvalue weighted by atomic mass is 32.2. The molecule has 5 rings (SSSR count). The van der Waals surface area contributed by atoms with Gasteiger partial charge in [-0.3, -0.25) is 9.29 Å². The lowest BCUT2D eigenvalue weighted by Crippen LogP contribution is -2.22. The van der Waals surface area contributed by atoms with Gasteiger partial charge in [0.05, 0.1) is 30.4 Å². The van der Waals surface area contributed by atoms with Gasteiger partial charge in [0.1, 0.15) is 17.3 Å². The summed E-state index contributed by atoms with van der Waals surface area (Å²) in [5, 5.41) is 10.5. The molecule has 13 nitrogen and oxygen atoms in total. The molecule has 274 valence electrons. The van der Waals surface area contributed by atoms with Crippen LogP contribution in [0.1, 0.15) is 31.9 Å². The number of anilines is 6. The smallest absolute Gasteiger partial charge is 0.323 e. The monoisotopic (exact) mass is 746 g/mol. The highest BCUT2D eigenvalue weighted by Gasteiger charge is 2.22. The molecule has 5 N–H and O–H groups in total. The van der Waals surface area contributed by atoms with Gasteiger partial charge in [0.15, 0.2) is 13.8 Å². The van der Waals surface area contributed by atoms with Crippen LogP contribution in [-0.2, 0) is 26.2 Å². The molecule has 15 heteroatoms. The number of carbonyl (C=O) groups excluding carboxylic acids is 1. The predicted molar refractivity (Wildman–Crippen MR) is 210 cm³/mol. The average Bonchev–Trinajstić information content (AvgIpc) is 3.05. The Morgan fingerprint density at radius 3 is 2.27 bits per heavy atom. The molecule has 0 aliphatic heterocycles. The van der Waals surface area contributed by atoms with Crippen molar-refractivity contribution in [3.8, 4) is 17.2 Å². The van der Waals surface area contributed by atoms with E-state index in [1.54, 1.807) is 42.6 Å². The van der Waals surface area contributed by atoms with Crippen molar-refractivity contribution < 1.29 is 32.1 Å². The number of hydrogen-bond donors (Lipinski definition) is 5. The molecule has 0 saturated heterocycles. The van der Waals surface area contributed by atoms with Crippen LogP contribution in [0.15, 0.2) is 85.1 Å². The number of benzene rings is 4. The summed E-state index contributed by atoms with van der Waals surface area (Å²) in [6.07, 6.45) is 2.77. The number of methoxy groups -OCH3 is 1. The second-order valence-corrected chi connectivity index (χ2v) is 16.3. The van der Waals surface area contributed by atoms with Crippen LogP contribution in [0.25, 0.3) is 10.8 Å². The molecule has 4 aromatic carbocycles. The van der Waals surface area contributed by atoms with E-state index in [1.807, 2.05) is 82.2 Å². The Morgan fingerprint density at radius 2 is 1.62 bits per heavy atom. The van der Waals surface area contributed by atoms with E-state index in [4.69, 9.17) is 9.47 Å². The van der Waals surface area contributed by atoms with Gasteiger partial charge < -0.3 is 35.2 Å². The third-order valence-corrected chi connectivity index (χ3v) is 9.25. The van der Waals surface area contributed by atoms with E-state index >= 15 is 0 Å². The van der Waals surface area contributed by atoms with E-state index in [2.05, 4.69) is 25.7 Å². The van der Waals surface area contributed by atoms with Crippen LogP contribution in [0.2, 0.25) is 0 Å². The molecule has 2 amide bonds. The first-order chi connectivity index (χ1) is 24.5. The van der Waals surface area contributed by atoms with Crippen LogP contribution in [-0.4, -0.2) is 51.8 Å². The number of rotatable bonds is 12. The van der Waals surface area contributed by atoms with Gasteiger partial charge in [-0.2, -0.15) is 0 Å². The normalized spacial score (nSPS) is 12.2. The van der Waals surface area contributed by atoms with Gasteiger partial charge in [0.2, 0.25) is 10.0 Å². The quantitative estimate of drug-likeness (QED) is 0.0786. The number of nitrogens with zero attached hydrogens (tertiary/aromatic N) is 2. The zero-order chi connectivity index (χ0) is 37.8. The number of aromatic nitrogens is 1. The molecular weight excluding hydrogens is 703 g/mol. The molecule has 1 heterocycles. The Labute approximate surface area is 304 Å². The number of fused-ring (bicyclic) bond motifs is 1. The largest absolute Gasteiger partial charge is 0.492 e. The van der Waals surface area contributed by atoms with Gasteiger partial charge in [-0.05, 0) is 59.0 Å². The minimum absolute atomic E-state index is 0.0961. The summed E-state index contributed by atoms with van der Waals surface area (Å²) in [4.78, 5) is 29.2. The second-order valence-electron chi connectivity index (χ2n) is 13.4.